The van der Waals surface area contributed by atoms with E-state index in [1.165, 1.54) is 21.3 Å². The molecule has 68 valence electrons. The summed E-state index contributed by atoms with van der Waals surface area (Å²) in [6.45, 7) is 0. The monoisotopic (exact) mass is 217 g/mol. The van der Waals surface area contributed by atoms with Crippen molar-refractivity contribution >= 4 is 34.7 Å². The van der Waals surface area contributed by atoms with E-state index in [0.717, 1.165) is 4.51 Å². The molecule has 0 aromatic heterocycles. The summed E-state index contributed by atoms with van der Waals surface area (Å²) in [4.78, 5) is 1.23. The molecule has 1 aromatic carbocycles. The standard InChI is InChI=1S/C11H7NS2/c13-7-5-9-8-3-1-2-4-10(8)12-14-11(9)6-7/h1-6,12H. The van der Waals surface area contributed by atoms with Crippen LogP contribution in [0.3, 0.4) is 0 Å². The van der Waals surface area contributed by atoms with E-state index in [1.807, 2.05) is 12.1 Å². The summed E-state index contributed by atoms with van der Waals surface area (Å²) < 4.78 is 4.22. The lowest BCUT2D eigenvalue weighted by molar-refractivity contribution is 1.62. The number of hydrogen-bond acceptors (Lipinski definition) is 2. The summed E-state index contributed by atoms with van der Waals surface area (Å²) in [5, 5.41) is 1.25. The van der Waals surface area contributed by atoms with Crippen molar-refractivity contribution in [1.29, 1.82) is 0 Å². The van der Waals surface area contributed by atoms with Gasteiger partial charge in [0.05, 0.1) is 10.4 Å². The van der Waals surface area contributed by atoms with E-state index in [0.29, 0.717) is 0 Å². The molecule has 1 aromatic rings. The average Bonchev–Trinajstić information content (AvgIpc) is 2.59. The van der Waals surface area contributed by atoms with Crippen LogP contribution in [0.1, 0.15) is 0 Å². The van der Waals surface area contributed by atoms with Crippen LogP contribution in [0.4, 0.5) is 0 Å². The van der Waals surface area contributed by atoms with Crippen LogP contribution >= 0.6 is 23.8 Å². The zero-order valence-electron chi connectivity index (χ0n) is 7.28. The van der Waals surface area contributed by atoms with Crippen molar-refractivity contribution in [3.8, 4) is 10.4 Å². The third-order valence-corrected chi connectivity index (χ3v) is 3.43. The Balaban J connectivity index is 2.59. The number of fused-ring (bicyclic) bond motifs is 3. The fraction of sp³-hybridized carbons (Fsp3) is 0. The first-order valence-corrected chi connectivity index (χ1v) is 5.57. The third kappa shape index (κ3) is 1.10. The molecule has 1 N–H and O–H groups in total. The molecule has 0 radical (unpaired) electrons. The van der Waals surface area contributed by atoms with E-state index < -0.39 is 0 Å². The number of para-hydroxylation sites is 1. The van der Waals surface area contributed by atoms with Gasteiger partial charge in [-0.1, -0.05) is 41.9 Å². The molecule has 14 heavy (non-hydrogen) atoms. The second-order valence-electron chi connectivity index (χ2n) is 3.22. The summed E-state index contributed by atoms with van der Waals surface area (Å²) in [5.74, 6) is 0. The lowest BCUT2D eigenvalue weighted by Crippen LogP contribution is -1.78. The Hall–Kier alpha value is -1.19. The number of benzene rings is 1. The maximum absolute atomic E-state index is 5.17. The molecule has 1 heterocycles. The molecule has 2 aliphatic rings. The van der Waals surface area contributed by atoms with Crippen LogP contribution in [-0.4, -0.2) is 4.37 Å². The van der Waals surface area contributed by atoms with Gasteiger partial charge in [-0.3, -0.25) is 0 Å². The number of rotatable bonds is 0. The Morgan fingerprint density at radius 2 is 2.00 bits per heavy atom. The van der Waals surface area contributed by atoms with Crippen molar-refractivity contribution in [3.63, 3.8) is 0 Å². The Labute approximate surface area is 90.5 Å². The molecule has 0 amide bonds. The second kappa shape index (κ2) is 2.90. The first kappa shape index (κ1) is 8.15. The smallest absolute Gasteiger partial charge is 0.0556 e. The minimum atomic E-state index is 0.918. The van der Waals surface area contributed by atoms with E-state index in [1.54, 1.807) is 11.5 Å². The van der Waals surface area contributed by atoms with Crippen LogP contribution in [0.2, 0.25) is 0 Å². The van der Waals surface area contributed by atoms with E-state index >= 15 is 0 Å². The normalized spacial score (nSPS) is 11.1. The van der Waals surface area contributed by atoms with E-state index in [-0.39, 0.29) is 0 Å². The topological polar surface area (TPSA) is 15.8 Å². The van der Waals surface area contributed by atoms with Crippen molar-refractivity contribution in [2.45, 2.75) is 0 Å². The van der Waals surface area contributed by atoms with Gasteiger partial charge in [0.1, 0.15) is 0 Å². The predicted octanol–water partition coefficient (Wildman–Crippen LogP) is 4.06. The number of H-pyrrole nitrogens is 1. The number of aromatic nitrogens is 1. The molecular weight excluding hydrogens is 210 g/mol. The van der Waals surface area contributed by atoms with Crippen molar-refractivity contribution in [2.75, 3.05) is 0 Å². The molecule has 0 unspecified atom stereocenters. The van der Waals surface area contributed by atoms with E-state index in [9.17, 15) is 0 Å². The fourth-order valence-electron chi connectivity index (χ4n) is 1.67. The lowest BCUT2D eigenvalue weighted by atomic mass is 10.1. The number of hydrogen-bond donors (Lipinski definition) is 1. The van der Waals surface area contributed by atoms with Gasteiger partial charge in [0, 0.05) is 15.5 Å². The first-order valence-electron chi connectivity index (χ1n) is 4.34. The minimum absolute atomic E-state index is 0.918. The summed E-state index contributed by atoms with van der Waals surface area (Å²) in [6, 6.07) is 12.4. The number of nitrogens with one attached hydrogen (secondary N) is 1. The summed E-state index contributed by atoms with van der Waals surface area (Å²) in [7, 11) is 0. The molecule has 0 fully saturated rings. The molecule has 0 saturated carbocycles. The van der Waals surface area contributed by atoms with Gasteiger partial charge in [0.2, 0.25) is 0 Å². The van der Waals surface area contributed by atoms with Gasteiger partial charge in [-0.15, -0.1) is 0 Å². The molecule has 1 nitrogen and oxygen atoms in total. The molecule has 0 saturated heterocycles. The maximum Gasteiger partial charge on any atom is 0.0556 e. The molecule has 3 rings (SSSR count). The van der Waals surface area contributed by atoms with Crippen LogP contribution in [0.5, 0.6) is 0 Å². The van der Waals surface area contributed by atoms with Gasteiger partial charge in [-0.2, -0.15) is 0 Å². The fourth-order valence-corrected chi connectivity index (χ4v) is 2.85. The zero-order chi connectivity index (χ0) is 9.54. The molecular formula is C11H7NS2. The van der Waals surface area contributed by atoms with Crippen LogP contribution in [0.15, 0.2) is 36.4 Å². The average molecular weight is 217 g/mol. The molecule has 0 spiro atoms. The van der Waals surface area contributed by atoms with Crippen molar-refractivity contribution in [1.82, 2.24) is 4.37 Å². The Morgan fingerprint density at radius 3 is 2.93 bits per heavy atom. The highest BCUT2D eigenvalue weighted by atomic mass is 32.1. The quantitative estimate of drug-likeness (QED) is 0.561. The minimum Gasteiger partial charge on any atom is -0.310 e. The van der Waals surface area contributed by atoms with E-state index in [2.05, 4.69) is 28.6 Å². The molecule has 0 atom stereocenters. The zero-order valence-corrected chi connectivity index (χ0v) is 8.91. The van der Waals surface area contributed by atoms with Gasteiger partial charge in [0.15, 0.2) is 0 Å². The molecule has 3 heteroatoms. The van der Waals surface area contributed by atoms with Gasteiger partial charge in [-0.05, 0) is 18.2 Å². The highest BCUT2D eigenvalue weighted by Gasteiger charge is 2.08. The molecule has 0 bridgehead atoms. The SMILES string of the molecule is S=c1cc2s[nH]c3ccccc3c-2c1. The Morgan fingerprint density at radius 1 is 1.14 bits per heavy atom. The lowest BCUT2D eigenvalue weighted by Gasteiger charge is -2.02. The van der Waals surface area contributed by atoms with Crippen LogP contribution in [0, 0.1) is 4.51 Å². The highest BCUT2D eigenvalue weighted by molar-refractivity contribution is 7.71. The highest BCUT2D eigenvalue weighted by Crippen LogP contribution is 2.33. The van der Waals surface area contributed by atoms with Gasteiger partial charge >= 0.3 is 0 Å². The van der Waals surface area contributed by atoms with Crippen LogP contribution < -0.4 is 0 Å². The van der Waals surface area contributed by atoms with Crippen LogP contribution in [0.25, 0.3) is 21.3 Å². The molecule has 1 aliphatic carbocycles. The van der Waals surface area contributed by atoms with Gasteiger partial charge in [0.25, 0.3) is 0 Å². The van der Waals surface area contributed by atoms with Crippen molar-refractivity contribution in [2.24, 2.45) is 0 Å². The first-order chi connectivity index (χ1) is 6.84. The largest absolute Gasteiger partial charge is 0.310 e. The maximum atomic E-state index is 5.17. The summed E-state index contributed by atoms with van der Waals surface area (Å²) in [5.41, 5.74) is 2.43. The summed E-state index contributed by atoms with van der Waals surface area (Å²) >= 11 is 6.80. The summed E-state index contributed by atoms with van der Waals surface area (Å²) in [6.07, 6.45) is 0. The van der Waals surface area contributed by atoms with Gasteiger partial charge < -0.3 is 4.37 Å². The molecule has 1 aliphatic heterocycles. The van der Waals surface area contributed by atoms with E-state index in [4.69, 9.17) is 12.2 Å². The predicted molar refractivity (Wildman–Crippen MR) is 63.6 cm³/mol. The second-order valence-corrected chi connectivity index (χ2v) is 4.54. The third-order valence-electron chi connectivity index (χ3n) is 2.31. The van der Waals surface area contributed by atoms with Crippen LogP contribution in [-0.2, 0) is 0 Å². The Bertz CT molecular complexity index is 621. The number of aromatic amines is 1. The van der Waals surface area contributed by atoms with Gasteiger partial charge in [-0.25, -0.2) is 0 Å². The van der Waals surface area contributed by atoms with Crippen molar-refractivity contribution < 1.29 is 0 Å². The Kier molecular flexibility index (Phi) is 1.69. The van der Waals surface area contributed by atoms with Crippen molar-refractivity contribution in [3.05, 3.63) is 40.9 Å².